The summed E-state index contributed by atoms with van der Waals surface area (Å²) >= 11 is 0. The van der Waals surface area contributed by atoms with Gasteiger partial charge >= 0.3 is 6.18 Å². The fourth-order valence-corrected chi connectivity index (χ4v) is 3.55. The summed E-state index contributed by atoms with van der Waals surface area (Å²) in [4.78, 5) is 3.88. The highest BCUT2D eigenvalue weighted by atomic mass is 19.4. The van der Waals surface area contributed by atoms with Crippen molar-refractivity contribution in [1.29, 1.82) is 0 Å². The largest absolute Gasteiger partial charge is 0.449 e. The van der Waals surface area contributed by atoms with Crippen LogP contribution < -0.4 is 5.32 Å². The summed E-state index contributed by atoms with van der Waals surface area (Å²) in [6, 6.07) is 0. The van der Waals surface area contributed by atoms with E-state index in [2.05, 4.69) is 17.2 Å². The van der Waals surface area contributed by atoms with Gasteiger partial charge in [-0.2, -0.15) is 13.2 Å². The first-order chi connectivity index (χ1) is 9.95. The zero-order valence-corrected chi connectivity index (χ0v) is 12.3. The molecule has 0 aromatic carbocycles. The van der Waals surface area contributed by atoms with Gasteiger partial charge in [-0.3, -0.25) is 0 Å². The molecular weight excluding hydrogens is 279 g/mol. The molecule has 1 aromatic heterocycles. The Morgan fingerprint density at radius 2 is 1.95 bits per heavy atom. The number of imidazole rings is 1. The summed E-state index contributed by atoms with van der Waals surface area (Å²) in [6.07, 6.45) is 0.600. The van der Waals surface area contributed by atoms with Crippen molar-refractivity contribution >= 4 is 0 Å². The standard InChI is InChI=1S/C15H22F3N3/c1-10-2-4-11(5-3-10)9-21-13-6-7-19-8-12(13)20-14(21)15(16,17)18/h10-11,19H,2-9H2,1H3. The molecule has 1 fully saturated rings. The van der Waals surface area contributed by atoms with Crippen molar-refractivity contribution in [1.82, 2.24) is 14.9 Å². The molecule has 2 heterocycles. The maximum absolute atomic E-state index is 13.2. The van der Waals surface area contributed by atoms with Gasteiger partial charge < -0.3 is 9.88 Å². The Bertz CT molecular complexity index is 499. The van der Waals surface area contributed by atoms with E-state index < -0.39 is 12.0 Å². The highest BCUT2D eigenvalue weighted by molar-refractivity contribution is 5.21. The Balaban J connectivity index is 1.87. The van der Waals surface area contributed by atoms with Gasteiger partial charge in [0.2, 0.25) is 5.82 Å². The first-order valence-corrected chi connectivity index (χ1v) is 7.81. The predicted molar refractivity (Wildman–Crippen MR) is 73.8 cm³/mol. The second-order valence-corrected chi connectivity index (χ2v) is 6.49. The van der Waals surface area contributed by atoms with Crippen molar-refractivity contribution in [2.24, 2.45) is 11.8 Å². The fourth-order valence-electron chi connectivity index (χ4n) is 3.55. The summed E-state index contributed by atoms with van der Waals surface area (Å²) in [5.41, 5.74) is 1.37. The molecule has 0 spiro atoms. The summed E-state index contributed by atoms with van der Waals surface area (Å²) in [5, 5.41) is 3.10. The lowest BCUT2D eigenvalue weighted by Crippen LogP contribution is -2.27. The average molecular weight is 301 g/mol. The number of aromatic nitrogens is 2. The zero-order chi connectivity index (χ0) is 15.0. The van der Waals surface area contributed by atoms with E-state index in [9.17, 15) is 13.2 Å². The molecule has 3 nitrogen and oxygen atoms in total. The highest BCUT2D eigenvalue weighted by Gasteiger charge is 2.39. The van der Waals surface area contributed by atoms with Crippen LogP contribution in [-0.4, -0.2) is 16.1 Å². The van der Waals surface area contributed by atoms with Crippen LogP contribution in [0.5, 0.6) is 0 Å². The van der Waals surface area contributed by atoms with Gasteiger partial charge in [-0.05, 0) is 24.7 Å². The first kappa shape index (κ1) is 14.9. The Morgan fingerprint density at radius 3 is 2.62 bits per heavy atom. The molecule has 0 amide bonds. The van der Waals surface area contributed by atoms with Gasteiger partial charge in [0, 0.05) is 31.7 Å². The van der Waals surface area contributed by atoms with Gasteiger partial charge in [0.1, 0.15) is 0 Å². The topological polar surface area (TPSA) is 29.9 Å². The Labute approximate surface area is 122 Å². The number of alkyl halides is 3. The van der Waals surface area contributed by atoms with Crippen LogP contribution in [0, 0.1) is 11.8 Å². The molecule has 0 atom stereocenters. The first-order valence-electron chi connectivity index (χ1n) is 7.81. The maximum atomic E-state index is 13.2. The molecule has 1 saturated carbocycles. The molecule has 1 N–H and O–H groups in total. The lowest BCUT2D eigenvalue weighted by atomic mass is 9.83. The van der Waals surface area contributed by atoms with E-state index in [1.165, 1.54) is 4.57 Å². The quantitative estimate of drug-likeness (QED) is 0.907. The minimum atomic E-state index is -4.36. The second kappa shape index (κ2) is 5.63. The number of nitrogens with zero attached hydrogens (tertiary/aromatic N) is 2. The van der Waals surface area contributed by atoms with Gasteiger partial charge in [-0.1, -0.05) is 19.8 Å². The summed E-state index contributed by atoms with van der Waals surface area (Å²) in [7, 11) is 0. The van der Waals surface area contributed by atoms with Crippen LogP contribution in [0.3, 0.4) is 0 Å². The second-order valence-electron chi connectivity index (χ2n) is 6.49. The minimum absolute atomic E-state index is 0.357. The lowest BCUT2D eigenvalue weighted by molar-refractivity contribution is -0.147. The van der Waals surface area contributed by atoms with Crippen molar-refractivity contribution in [3.63, 3.8) is 0 Å². The van der Waals surface area contributed by atoms with Gasteiger partial charge in [-0.15, -0.1) is 0 Å². The number of halogens is 3. The van der Waals surface area contributed by atoms with Crippen molar-refractivity contribution in [3.8, 4) is 0 Å². The van der Waals surface area contributed by atoms with Crippen molar-refractivity contribution in [3.05, 3.63) is 17.2 Å². The zero-order valence-electron chi connectivity index (χ0n) is 12.3. The third kappa shape index (κ3) is 3.10. The van der Waals surface area contributed by atoms with Crippen LogP contribution in [0.4, 0.5) is 13.2 Å². The monoisotopic (exact) mass is 301 g/mol. The lowest BCUT2D eigenvalue weighted by Gasteiger charge is -2.28. The highest BCUT2D eigenvalue weighted by Crippen LogP contribution is 2.35. The van der Waals surface area contributed by atoms with E-state index in [4.69, 9.17) is 0 Å². The van der Waals surface area contributed by atoms with Gasteiger partial charge in [0.05, 0.1) is 5.69 Å². The predicted octanol–water partition coefficient (Wildman–Crippen LogP) is 3.37. The number of hydrogen-bond acceptors (Lipinski definition) is 2. The van der Waals surface area contributed by atoms with E-state index in [1.54, 1.807) is 0 Å². The number of fused-ring (bicyclic) bond motifs is 1. The van der Waals surface area contributed by atoms with Gasteiger partial charge in [0.25, 0.3) is 0 Å². The molecule has 0 saturated heterocycles. The molecule has 0 radical (unpaired) electrons. The summed E-state index contributed by atoms with van der Waals surface area (Å²) in [6.45, 7) is 3.89. The fraction of sp³-hybridized carbons (Fsp3) is 0.800. The van der Waals surface area contributed by atoms with Crippen LogP contribution >= 0.6 is 0 Å². The average Bonchev–Trinajstić information content (AvgIpc) is 2.81. The van der Waals surface area contributed by atoms with Crippen LogP contribution in [0.15, 0.2) is 0 Å². The Kier molecular flexibility index (Phi) is 3.99. The third-order valence-corrected chi connectivity index (χ3v) is 4.82. The molecule has 21 heavy (non-hydrogen) atoms. The van der Waals surface area contributed by atoms with E-state index in [1.807, 2.05) is 0 Å². The van der Waals surface area contributed by atoms with Crippen molar-refractivity contribution < 1.29 is 13.2 Å². The molecule has 1 aromatic rings. The molecule has 2 aliphatic rings. The van der Waals surface area contributed by atoms with Crippen LogP contribution in [0.1, 0.15) is 49.8 Å². The number of hydrogen-bond donors (Lipinski definition) is 1. The van der Waals surface area contributed by atoms with E-state index >= 15 is 0 Å². The SMILES string of the molecule is CC1CCC(Cn2c(C(F)(F)F)nc3c2CCNC3)CC1. The minimum Gasteiger partial charge on any atom is -0.324 e. The molecule has 0 bridgehead atoms. The number of nitrogens with one attached hydrogen (secondary N) is 1. The molecule has 3 rings (SSSR count). The summed E-state index contributed by atoms with van der Waals surface area (Å²) in [5.74, 6) is 0.370. The van der Waals surface area contributed by atoms with Crippen LogP contribution in [0.25, 0.3) is 0 Å². The maximum Gasteiger partial charge on any atom is 0.449 e. The molecule has 1 aliphatic carbocycles. The Morgan fingerprint density at radius 1 is 1.24 bits per heavy atom. The van der Waals surface area contributed by atoms with E-state index in [-0.39, 0.29) is 0 Å². The molecule has 118 valence electrons. The summed E-state index contributed by atoms with van der Waals surface area (Å²) < 4.78 is 41.2. The van der Waals surface area contributed by atoms with Crippen LogP contribution in [-0.2, 0) is 25.7 Å². The smallest absolute Gasteiger partial charge is 0.324 e. The van der Waals surface area contributed by atoms with Gasteiger partial charge in [0.15, 0.2) is 0 Å². The normalized spacial score (nSPS) is 26.7. The molecular formula is C15H22F3N3. The number of rotatable bonds is 2. The van der Waals surface area contributed by atoms with E-state index in [0.717, 1.165) is 37.9 Å². The van der Waals surface area contributed by atoms with E-state index in [0.29, 0.717) is 37.0 Å². The van der Waals surface area contributed by atoms with Crippen molar-refractivity contribution in [2.45, 2.75) is 58.3 Å². The third-order valence-electron chi connectivity index (χ3n) is 4.82. The molecule has 1 aliphatic heterocycles. The van der Waals surface area contributed by atoms with Crippen LogP contribution in [0.2, 0.25) is 0 Å². The van der Waals surface area contributed by atoms with Gasteiger partial charge in [-0.25, -0.2) is 4.98 Å². The molecule has 0 unspecified atom stereocenters. The molecule has 6 heteroatoms. The Hall–Kier alpha value is -1.04. The van der Waals surface area contributed by atoms with Crippen molar-refractivity contribution in [2.75, 3.05) is 6.54 Å².